The third-order valence-electron chi connectivity index (χ3n) is 5.59. The standard InChI is InChI=1S/C25H30N4O4S/c1-34-12-11-21(25(32)33)28-24(31)22(13-16-7-3-2-4-8-16)29-23(30)19(26)14-17-15-27-20-10-6-5-9-18(17)20/h2-10,15,19,21-22,27H,11-14,26H2,1H3,(H,28,31)(H,29,30)(H,32,33)/t19-,21-,22-/m0/s1. The lowest BCUT2D eigenvalue weighted by atomic mass is 10.0. The van der Waals surface area contributed by atoms with E-state index in [1.165, 1.54) is 11.8 Å². The Bertz CT molecular complexity index is 1120. The first-order valence-corrected chi connectivity index (χ1v) is 12.5. The number of rotatable bonds is 12. The highest BCUT2D eigenvalue weighted by atomic mass is 32.2. The van der Waals surface area contributed by atoms with E-state index in [2.05, 4.69) is 15.6 Å². The molecule has 0 spiro atoms. The molecule has 9 heteroatoms. The van der Waals surface area contributed by atoms with Gasteiger partial charge in [-0.05, 0) is 42.0 Å². The molecular weight excluding hydrogens is 452 g/mol. The molecule has 0 aliphatic rings. The molecule has 0 radical (unpaired) electrons. The number of para-hydroxylation sites is 1. The van der Waals surface area contributed by atoms with Crippen LogP contribution in [0.2, 0.25) is 0 Å². The number of aromatic nitrogens is 1. The van der Waals surface area contributed by atoms with E-state index in [0.717, 1.165) is 22.0 Å². The number of hydrogen-bond acceptors (Lipinski definition) is 5. The fraction of sp³-hybridized carbons (Fsp3) is 0.320. The number of hydrogen-bond donors (Lipinski definition) is 5. The fourth-order valence-electron chi connectivity index (χ4n) is 3.73. The average Bonchev–Trinajstić information content (AvgIpc) is 3.24. The number of carbonyl (C=O) groups is 3. The van der Waals surface area contributed by atoms with E-state index in [-0.39, 0.29) is 12.8 Å². The summed E-state index contributed by atoms with van der Waals surface area (Å²) >= 11 is 1.50. The number of carboxylic acid groups (broad SMARTS) is 1. The van der Waals surface area contributed by atoms with Crippen LogP contribution in [-0.4, -0.2) is 58.0 Å². The van der Waals surface area contributed by atoms with E-state index in [9.17, 15) is 19.5 Å². The Morgan fingerprint density at radius 3 is 2.35 bits per heavy atom. The van der Waals surface area contributed by atoms with Gasteiger partial charge in [-0.15, -0.1) is 0 Å². The van der Waals surface area contributed by atoms with Crippen LogP contribution < -0.4 is 16.4 Å². The Morgan fingerprint density at radius 2 is 1.65 bits per heavy atom. The van der Waals surface area contributed by atoms with Crippen molar-refractivity contribution in [1.29, 1.82) is 0 Å². The van der Waals surface area contributed by atoms with E-state index in [0.29, 0.717) is 12.2 Å². The van der Waals surface area contributed by atoms with Crippen LogP contribution in [0.15, 0.2) is 60.8 Å². The van der Waals surface area contributed by atoms with Crippen LogP contribution in [0.5, 0.6) is 0 Å². The van der Waals surface area contributed by atoms with Gasteiger partial charge < -0.3 is 26.5 Å². The number of nitrogens with one attached hydrogen (secondary N) is 3. The second-order valence-corrected chi connectivity index (χ2v) is 9.09. The first kappa shape index (κ1) is 25.3. The number of aliphatic carboxylic acids is 1. The Kier molecular flexibility index (Phi) is 9.12. The highest BCUT2D eigenvalue weighted by Crippen LogP contribution is 2.19. The fourth-order valence-corrected chi connectivity index (χ4v) is 4.20. The maximum absolute atomic E-state index is 13.0. The quantitative estimate of drug-likeness (QED) is 0.268. The van der Waals surface area contributed by atoms with E-state index in [4.69, 9.17) is 5.73 Å². The average molecular weight is 483 g/mol. The van der Waals surface area contributed by atoms with E-state index >= 15 is 0 Å². The van der Waals surface area contributed by atoms with Crippen molar-refractivity contribution in [3.8, 4) is 0 Å². The number of nitrogens with two attached hydrogens (primary N) is 1. The van der Waals surface area contributed by atoms with Crippen LogP contribution in [0.4, 0.5) is 0 Å². The van der Waals surface area contributed by atoms with Crippen molar-refractivity contribution in [2.24, 2.45) is 5.73 Å². The summed E-state index contributed by atoms with van der Waals surface area (Å²) in [6.45, 7) is 0. The largest absolute Gasteiger partial charge is 0.480 e. The maximum atomic E-state index is 13.0. The number of benzene rings is 2. The van der Waals surface area contributed by atoms with Crippen LogP contribution >= 0.6 is 11.8 Å². The molecule has 2 amide bonds. The number of fused-ring (bicyclic) bond motifs is 1. The summed E-state index contributed by atoms with van der Waals surface area (Å²) in [5.41, 5.74) is 8.90. The summed E-state index contributed by atoms with van der Waals surface area (Å²) in [6.07, 6.45) is 4.49. The zero-order valence-electron chi connectivity index (χ0n) is 19.0. The zero-order valence-corrected chi connectivity index (χ0v) is 19.8. The van der Waals surface area contributed by atoms with Crippen molar-refractivity contribution < 1.29 is 19.5 Å². The lowest BCUT2D eigenvalue weighted by Gasteiger charge is -2.23. The third kappa shape index (κ3) is 6.85. The molecular formula is C25H30N4O4S. The molecule has 8 nitrogen and oxygen atoms in total. The molecule has 180 valence electrons. The molecule has 0 aliphatic carbocycles. The predicted octanol–water partition coefficient (Wildman–Crippen LogP) is 2.09. The van der Waals surface area contributed by atoms with Crippen molar-refractivity contribution in [3.63, 3.8) is 0 Å². The lowest BCUT2D eigenvalue weighted by Crippen LogP contribution is -2.55. The van der Waals surface area contributed by atoms with Gasteiger partial charge in [-0.2, -0.15) is 11.8 Å². The van der Waals surface area contributed by atoms with E-state index < -0.39 is 35.9 Å². The van der Waals surface area contributed by atoms with Gasteiger partial charge in [-0.3, -0.25) is 9.59 Å². The summed E-state index contributed by atoms with van der Waals surface area (Å²) < 4.78 is 0. The molecule has 0 fully saturated rings. The summed E-state index contributed by atoms with van der Waals surface area (Å²) in [5, 5.41) is 15.8. The van der Waals surface area contributed by atoms with E-state index in [1.807, 2.05) is 67.0 Å². The topological polar surface area (TPSA) is 137 Å². The molecule has 6 N–H and O–H groups in total. The Morgan fingerprint density at radius 1 is 0.971 bits per heavy atom. The van der Waals surface area contributed by atoms with Crippen molar-refractivity contribution in [1.82, 2.24) is 15.6 Å². The molecule has 34 heavy (non-hydrogen) atoms. The molecule has 3 aromatic rings. The normalized spacial score (nSPS) is 13.7. The van der Waals surface area contributed by atoms with Crippen LogP contribution in [0.3, 0.4) is 0 Å². The molecule has 0 saturated heterocycles. The molecule has 0 saturated carbocycles. The number of carboxylic acids is 1. The van der Waals surface area contributed by atoms with Gasteiger partial charge in [0.25, 0.3) is 0 Å². The molecule has 0 aliphatic heterocycles. The van der Waals surface area contributed by atoms with Gasteiger partial charge in [-0.1, -0.05) is 48.5 Å². The van der Waals surface area contributed by atoms with Crippen LogP contribution in [0.25, 0.3) is 10.9 Å². The Balaban J connectivity index is 1.72. The van der Waals surface area contributed by atoms with Crippen LogP contribution in [0, 0.1) is 0 Å². The Hall–Kier alpha value is -3.30. The monoisotopic (exact) mass is 482 g/mol. The first-order valence-electron chi connectivity index (χ1n) is 11.1. The van der Waals surface area contributed by atoms with Gasteiger partial charge in [0.05, 0.1) is 6.04 Å². The first-order chi connectivity index (χ1) is 16.4. The Labute approximate surface area is 202 Å². The van der Waals surface area contributed by atoms with Gasteiger partial charge in [0.2, 0.25) is 11.8 Å². The van der Waals surface area contributed by atoms with Crippen molar-refractivity contribution in [2.75, 3.05) is 12.0 Å². The summed E-state index contributed by atoms with van der Waals surface area (Å²) in [6, 6.07) is 14.1. The van der Waals surface area contributed by atoms with Crippen molar-refractivity contribution in [2.45, 2.75) is 37.4 Å². The number of aromatic amines is 1. The number of carbonyl (C=O) groups excluding carboxylic acids is 2. The van der Waals surface area contributed by atoms with Crippen LogP contribution in [-0.2, 0) is 27.2 Å². The highest BCUT2D eigenvalue weighted by Gasteiger charge is 2.28. The third-order valence-corrected chi connectivity index (χ3v) is 6.24. The summed E-state index contributed by atoms with van der Waals surface area (Å²) in [5.74, 6) is -1.55. The minimum Gasteiger partial charge on any atom is -0.480 e. The molecule has 1 aromatic heterocycles. The van der Waals surface area contributed by atoms with Gasteiger partial charge in [0, 0.05) is 23.5 Å². The smallest absolute Gasteiger partial charge is 0.326 e. The van der Waals surface area contributed by atoms with E-state index in [1.54, 1.807) is 0 Å². The molecule has 2 aromatic carbocycles. The minimum absolute atomic E-state index is 0.215. The van der Waals surface area contributed by atoms with Crippen LogP contribution in [0.1, 0.15) is 17.5 Å². The zero-order chi connectivity index (χ0) is 24.5. The number of amides is 2. The summed E-state index contributed by atoms with van der Waals surface area (Å²) in [4.78, 5) is 40.8. The summed E-state index contributed by atoms with van der Waals surface area (Å²) in [7, 11) is 0. The molecule has 3 rings (SSSR count). The second-order valence-electron chi connectivity index (χ2n) is 8.10. The van der Waals surface area contributed by atoms with Gasteiger partial charge in [-0.25, -0.2) is 4.79 Å². The maximum Gasteiger partial charge on any atom is 0.326 e. The molecule has 0 unspecified atom stereocenters. The molecule has 3 atom stereocenters. The number of thioether (sulfide) groups is 1. The molecule has 0 bridgehead atoms. The highest BCUT2D eigenvalue weighted by molar-refractivity contribution is 7.98. The lowest BCUT2D eigenvalue weighted by molar-refractivity contribution is -0.142. The minimum atomic E-state index is -1.11. The second kappa shape index (κ2) is 12.2. The predicted molar refractivity (Wildman–Crippen MR) is 135 cm³/mol. The van der Waals surface area contributed by atoms with Gasteiger partial charge in [0.1, 0.15) is 12.1 Å². The van der Waals surface area contributed by atoms with Gasteiger partial charge in [0.15, 0.2) is 0 Å². The van der Waals surface area contributed by atoms with Crippen molar-refractivity contribution >= 4 is 40.4 Å². The van der Waals surface area contributed by atoms with Gasteiger partial charge >= 0.3 is 5.97 Å². The molecule has 1 heterocycles. The van der Waals surface area contributed by atoms with Crippen molar-refractivity contribution in [3.05, 3.63) is 71.9 Å². The SMILES string of the molecule is CSCC[C@H](NC(=O)[C@H](Cc1ccccc1)NC(=O)[C@@H](N)Cc1c[nH]c2ccccc12)C(=O)O. The number of H-pyrrole nitrogens is 1.